The van der Waals surface area contributed by atoms with Crippen LogP contribution in [0.5, 0.6) is 0 Å². The van der Waals surface area contributed by atoms with E-state index < -0.39 is 21.5 Å². The zero-order chi connectivity index (χ0) is 8.41. The summed E-state index contributed by atoms with van der Waals surface area (Å²) in [6, 6.07) is 0. The molecular formula is C4H11NNaO4S. The summed E-state index contributed by atoms with van der Waals surface area (Å²) in [4.78, 5) is 0. The fourth-order valence-electron chi connectivity index (χ4n) is 0.251. The molecule has 0 heterocycles. The second-order valence-electron chi connectivity index (χ2n) is 2.29. The van der Waals surface area contributed by atoms with E-state index >= 15 is 0 Å². The Morgan fingerprint density at radius 1 is 1.55 bits per heavy atom. The van der Waals surface area contributed by atoms with Crippen molar-refractivity contribution in [1.29, 1.82) is 0 Å². The largest absolute Gasteiger partial charge is 0.395 e. The molecule has 5 nitrogen and oxygen atoms in total. The molecule has 4 N–H and O–H groups in total. The topological polar surface area (TPSA) is 101 Å². The number of aliphatic hydroxyl groups is 1. The van der Waals surface area contributed by atoms with Crippen LogP contribution in [-0.2, 0) is 10.1 Å². The molecule has 0 spiro atoms. The molecule has 0 aromatic heterocycles. The maximum atomic E-state index is 10.4. The minimum atomic E-state index is -4.24. The van der Waals surface area contributed by atoms with Gasteiger partial charge in [-0.05, 0) is 6.92 Å². The Balaban J connectivity index is 0. The van der Waals surface area contributed by atoms with Gasteiger partial charge in [-0.3, -0.25) is 4.55 Å². The van der Waals surface area contributed by atoms with Gasteiger partial charge < -0.3 is 10.8 Å². The van der Waals surface area contributed by atoms with Crippen LogP contribution in [0.1, 0.15) is 6.92 Å². The Hall–Kier alpha value is 0.830. The van der Waals surface area contributed by atoms with Crippen molar-refractivity contribution in [2.75, 3.05) is 13.2 Å². The minimum absolute atomic E-state index is 0. The van der Waals surface area contributed by atoms with Crippen molar-refractivity contribution >= 4 is 39.7 Å². The number of rotatable bonds is 3. The van der Waals surface area contributed by atoms with Gasteiger partial charge in [-0.25, -0.2) is 0 Å². The molecule has 0 amide bonds. The molecule has 11 heavy (non-hydrogen) atoms. The first-order valence-corrected chi connectivity index (χ1v) is 4.09. The van der Waals surface area contributed by atoms with Gasteiger partial charge in [0.05, 0.1) is 6.61 Å². The van der Waals surface area contributed by atoms with Crippen LogP contribution < -0.4 is 5.73 Å². The van der Waals surface area contributed by atoms with Crippen LogP contribution in [0.2, 0.25) is 0 Å². The molecule has 0 aromatic rings. The first kappa shape index (κ1) is 14.4. The van der Waals surface area contributed by atoms with Gasteiger partial charge in [0.1, 0.15) is 4.75 Å². The summed E-state index contributed by atoms with van der Waals surface area (Å²) in [5, 5.41) is 8.50. The van der Waals surface area contributed by atoms with E-state index in [2.05, 4.69) is 0 Å². The number of nitrogens with two attached hydrogens (primary N) is 1. The summed E-state index contributed by atoms with van der Waals surface area (Å²) in [6.07, 6.45) is 0. The molecule has 0 fully saturated rings. The molecule has 0 saturated carbocycles. The second kappa shape index (κ2) is 4.76. The summed E-state index contributed by atoms with van der Waals surface area (Å²) in [7, 11) is -4.24. The number of hydrogen-bond donors (Lipinski definition) is 3. The third kappa shape index (κ3) is 3.37. The van der Waals surface area contributed by atoms with Crippen molar-refractivity contribution in [3.8, 4) is 0 Å². The zero-order valence-electron chi connectivity index (χ0n) is 6.61. The SMILES string of the molecule is CC(CN)(CO)S(=O)(=O)O.[Na]. The summed E-state index contributed by atoms with van der Waals surface area (Å²) < 4.78 is 27.7. The molecule has 1 unspecified atom stereocenters. The quantitative estimate of drug-likeness (QED) is 0.362. The van der Waals surface area contributed by atoms with E-state index in [1.54, 1.807) is 0 Å². The summed E-state index contributed by atoms with van der Waals surface area (Å²) >= 11 is 0. The maximum Gasteiger partial charge on any atom is 0.273 e. The Kier molecular flexibility index (Phi) is 6.21. The molecule has 0 saturated heterocycles. The van der Waals surface area contributed by atoms with Crippen LogP contribution in [0.3, 0.4) is 0 Å². The van der Waals surface area contributed by atoms with Gasteiger partial charge in [0, 0.05) is 36.1 Å². The van der Waals surface area contributed by atoms with E-state index in [0.29, 0.717) is 0 Å². The Morgan fingerprint density at radius 2 is 1.91 bits per heavy atom. The smallest absolute Gasteiger partial charge is 0.273 e. The molecule has 63 valence electrons. The van der Waals surface area contributed by atoms with Crippen molar-refractivity contribution in [2.24, 2.45) is 5.73 Å². The zero-order valence-corrected chi connectivity index (χ0v) is 9.43. The van der Waals surface area contributed by atoms with Gasteiger partial charge in [0.2, 0.25) is 0 Å². The molecule has 0 rings (SSSR count). The van der Waals surface area contributed by atoms with Crippen molar-refractivity contribution in [1.82, 2.24) is 0 Å². The van der Waals surface area contributed by atoms with Gasteiger partial charge in [-0.1, -0.05) is 0 Å². The van der Waals surface area contributed by atoms with Crippen LogP contribution in [0.15, 0.2) is 0 Å². The first-order valence-electron chi connectivity index (χ1n) is 2.65. The first-order chi connectivity index (χ1) is 4.37. The van der Waals surface area contributed by atoms with Crippen LogP contribution in [0, 0.1) is 0 Å². The van der Waals surface area contributed by atoms with Crippen LogP contribution in [0.4, 0.5) is 0 Å². The predicted molar refractivity (Wildman–Crippen MR) is 41.8 cm³/mol. The second-order valence-corrected chi connectivity index (χ2v) is 4.22. The summed E-state index contributed by atoms with van der Waals surface area (Å²) in [5.74, 6) is 0. The molecule has 0 aliphatic heterocycles. The maximum absolute atomic E-state index is 10.4. The van der Waals surface area contributed by atoms with E-state index in [0.717, 1.165) is 0 Å². The molecule has 0 aliphatic rings. The van der Waals surface area contributed by atoms with Crippen molar-refractivity contribution in [2.45, 2.75) is 11.7 Å². The van der Waals surface area contributed by atoms with E-state index in [1.165, 1.54) is 6.92 Å². The van der Waals surface area contributed by atoms with E-state index in [4.69, 9.17) is 15.4 Å². The fourth-order valence-corrected chi connectivity index (χ4v) is 0.625. The van der Waals surface area contributed by atoms with Gasteiger partial charge in [0.25, 0.3) is 10.1 Å². The molecule has 7 heteroatoms. The molecule has 0 aromatic carbocycles. The summed E-state index contributed by atoms with van der Waals surface area (Å²) in [5.41, 5.74) is 5.00. The van der Waals surface area contributed by atoms with Gasteiger partial charge in [0.15, 0.2) is 0 Å². The van der Waals surface area contributed by atoms with E-state index in [9.17, 15) is 8.42 Å². The average molecular weight is 192 g/mol. The third-order valence-corrected chi connectivity index (χ3v) is 2.93. The Morgan fingerprint density at radius 3 is 1.91 bits per heavy atom. The minimum Gasteiger partial charge on any atom is -0.395 e. The van der Waals surface area contributed by atoms with Crippen LogP contribution >= 0.6 is 0 Å². The predicted octanol–water partition coefficient (Wildman–Crippen LogP) is -1.80. The van der Waals surface area contributed by atoms with Crippen molar-refractivity contribution < 1.29 is 18.1 Å². The average Bonchev–Trinajstić information content (AvgIpc) is 1.84. The van der Waals surface area contributed by atoms with Crippen LogP contribution in [-0.4, -0.2) is 65.5 Å². The monoisotopic (exact) mass is 192 g/mol. The fraction of sp³-hybridized carbons (Fsp3) is 1.00. The van der Waals surface area contributed by atoms with E-state index in [-0.39, 0.29) is 36.1 Å². The van der Waals surface area contributed by atoms with Crippen molar-refractivity contribution in [3.63, 3.8) is 0 Å². The Labute approximate surface area is 88.0 Å². The molecule has 0 bridgehead atoms. The number of hydrogen-bond acceptors (Lipinski definition) is 4. The standard InChI is InChI=1S/C4H11NO4S.Na/c1-4(2-5,3-6)10(7,8)9;/h6H,2-3,5H2,1H3,(H,7,8,9);. The van der Waals surface area contributed by atoms with Gasteiger partial charge in [-0.15, -0.1) is 0 Å². The van der Waals surface area contributed by atoms with E-state index in [1.807, 2.05) is 0 Å². The molecular weight excluding hydrogens is 181 g/mol. The normalized spacial score (nSPS) is 16.7. The van der Waals surface area contributed by atoms with Gasteiger partial charge in [-0.2, -0.15) is 8.42 Å². The number of aliphatic hydroxyl groups excluding tert-OH is 1. The van der Waals surface area contributed by atoms with Gasteiger partial charge >= 0.3 is 0 Å². The molecule has 1 atom stereocenters. The van der Waals surface area contributed by atoms with Crippen molar-refractivity contribution in [3.05, 3.63) is 0 Å². The van der Waals surface area contributed by atoms with Crippen LogP contribution in [0.25, 0.3) is 0 Å². The molecule has 0 aliphatic carbocycles. The summed E-state index contributed by atoms with van der Waals surface area (Å²) in [6.45, 7) is 0.188. The molecule has 1 radical (unpaired) electrons. The Bertz CT molecular complexity index is 198. The third-order valence-electron chi connectivity index (χ3n) is 1.39.